The summed E-state index contributed by atoms with van der Waals surface area (Å²) in [6.07, 6.45) is -2.98. The molecule has 0 unspecified atom stereocenters. The van der Waals surface area contributed by atoms with Gasteiger partial charge in [-0.2, -0.15) is 13.2 Å². The predicted molar refractivity (Wildman–Crippen MR) is 136 cm³/mol. The van der Waals surface area contributed by atoms with Crippen LogP contribution in [0.4, 0.5) is 13.2 Å². The number of rotatable bonds is 8. The number of alkyl halides is 3. The molecule has 196 valence electrons. The molecule has 0 aliphatic carbocycles. The van der Waals surface area contributed by atoms with E-state index in [0.717, 1.165) is 23.3 Å². The largest absolute Gasteiger partial charge is 0.493 e. The summed E-state index contributed by atoms with van der Waals surface area (Å²) >= 11 is 0. The molecule has 0 bridgehead atoms. The molecule has 8 heteroatoms. The van der Waals surface area contributed by atoms with E-state index in [2.05, 4.69) is 5.32 Å². The van der Waals surface area contributed by atoms with Crippen LogP contribution >= 0.6 is 0 Å². The van der Waals surface area contributed by atoms with E-state index in [1.807, 2.05) is 23.1 Å². The lowest BCUT2D eigenvalue weighted by Crippen LogP contribution is -2.44. The van der Waals surface area contributed by atoms with E-state index >= 15 is 0 Å². The second kappa shape index (κ2) is 11.3. The summed E-state index contributed by atoms with van der Waals surface area (Å²) in [6, 6.07) is 16.5. The van der Waals surface area contributed by atoms with Crippen LogP contribution in [0.1, 0.15) is 50.4 Å². The molecule has 1 aliphatic rings. The zero-order chi connectivity index (χ0) is 29.1. The number of carbonyl (C=O) groups is 1. The number of hydrogen-bond donors (Lipinski definition) is 1. The third-order valence-corrected chi connectivity index (χ3v) is 6.85. The number of halogens is 3. The van der Waals surface area contributed by atoms with E-state index in [9.17, 15) is 18.0 Å². The number of carbonyl (C=O) groups excluding carboxylic acids is 1. The van der Waals surface area contributed by atoms with Gasteiger partial charge in [-0.05, 0) is 65.8 Å². The number of methoxy groups -OCH3 is 2. The van der Waals surface area contributed by atoms with Crippen molar-refractivity contribution in [2.45, 2.75) is 37.5 Å². The fraction of sp³-hybridized carbons (Fsp3) is 0.345. The lowest BCUT2D eigenvalue weighted by atomic mass is 9.86. The van der Waals surface area contributed by atoms with Crippen molar-refractivity contribution in [1.29, 1.82) is 0 Å². The molecule has 3 aromatic rings. The Hall–Kier alpha value is -3.52. The van der Waals surface area contributed by atoms with Crippen molar-refractivity contribution in [3.05, 3.63) is 94.5 Å². The molecule has 1 N–H and O–H groups in total. The van der Waals surface area contributed by atoms with E-state index in [1.54, 1.807) is 31.4 Å². The van der Waals surface area contributed by atoms with Gasteiger partial charge in [0.15, 0.2) is 11.5 Å². The van der Waals surface area contributed by atoms with Crippen LogP contribution < -0.4 is 14.8 Å². The minimum Gasteiger partial charge on any atom is -0.493 e. The van der Waals surface area contributed by atoms with E-state index in [0.29, 0.717) is 48.4 Å². The Bertz CT molecular complexity index is 1320. The van der Waals surface area contributed by atoms with Crippen LogP contribution in [0.25, 0.3) is 0 Å². The molecule has 0 aromatic heterocycles. The Kier molecular flexibility index (Phi) is 6.89. The lowest BCUT2D eigenvalue weighted by molar-refractivity contribution is -0.137. The van der Waals surface area contributed by atoms with Crippen LogP contribution in [0.5, 0.6) is 11.5 Å². The summed E-state index contributed by atoms with van der Waals surface area (Å²) in [7, 11) is 3.07. The van der Waals surface area contributed by atoms with Crippen LogP contribution in [0.3, 0.4) is 0 Å². The molecular formula is C29H31F3N2O3. The normalized spacial score (nSPS) is 18.1. The summed E-state index contributed by atoms with van der Waals surface area (Å²) in [6.45, 7) is -2.24. The van der Waals surface area contributed by atoms with Crippen LogP contribution in [0.2, 0.25) is 0 Å². The Morgan fingerprint density at radius 2 is 1.76 bits per heavy atom. The molecule has 0 saturated heterocycles. The van der Waals surface area contributed by atoms with Crippen LogP contribution in [-0.4, -0.2) is 38.5 Å². The molecule has 0 radical (unpaired) electrons. The molecule has 37 heavy (non-hydrogen) atoms. The number of nitrogens with zero attached hydrogens (tertiary/aromatic N) is 1. The summed E-state index contributed by atoms with van der Waals surface area (Å²) in [4.78, 5) is 15.4. The Balaban J connectivity index is 1.76. The van der Waals surface area contributed by atoms with E-state index in [1.165, 1.54) is 19.2 Å². The van der Waals surface area contributed by atoms with Gasteiger partial charge in [0.25, 0.3) is 0 Å². The standard InChI is InChI=1S/C29H31F3N2O3/c1-33-28(35)27(20-7-5-4-6-8-20)34-16-15-21-17-25(36-2)26(37-3)18-23(21)24(34)14-11-19-9-12-22(13-10-19)29(30,31)32/h4-10,12-13,17-18,24,27H,11,14-16H2,1-3H3,(H,33,35)/t24-,27+/m0/s1/i1+1D3. The van der Waals surface area contributed by atoms with Crippen molar-refractivity contribution in [3.8, 4) is 11.5 Å². The first-order valence-corrected chi connectivity index (χ1v) is 11.9. The molecular weight excluding hydrogens is 482 g/mol. The van der Waals surface area contributed by atoms with E-state index in [4.69, 9.17) is 13.6 Å². The van der Waals surface area contributed by atoms with Crippen molar-refractivity contribution >= 4 is 5.91 Å². The van der Waals surface area contributed by atoms with Crippen molar-refractivity contribution in [3.63, 3.8) is 0 Å². The van der Waals surface area contributed by atoms with Crippen molar-refractivity contribution in [1.82, 2.24) is 10.2 Å². The second-order valence-electron chi connectivity index (χ2n) is 8.95. The van der Waals surface area contributed by atoms with Crippen LogP contribution in [0.15, 0.2) is 66.7 Å². The summed E-state index contributed by atoms with van der Waals surface area (Å²) in [5, 5.41) is 2.16. The number of ether oxygens (including phenoxy) is 2. The molecule has 5 nitrogen and oxygen atoms in total. The first kappa shape index (κ1) is 22.7. The Labute approximate surface area is 219 Å². The molecule has 0 spiro atoms. The van der Waals surface area contributed by atoms with Gasteiger partial charge in [0.1, 0.15) is 6.04 Å². The zero-order valence-corrected chi connectivity index (χ0v) is 20.6. The summed E-state index contributed by atoms with van der Waals surface area (Å²) in [5.41, 5.74) is 2.51. The van der Waals surface area contributed by atoms with Gasteiger partial charge < -0.3 is 14.8 Å². The van der Waals surface area contributed by atoms with Crippen molar-refractivity contribution in [2.75, 3.05) is 27.7 Å². The number of hydrogen-bond acceptors (Lipinski definition) is 4. The maximum atomic E-state index is 13.5. The highest BCUT2D eigenvalue weighted by Crippen LogP contribution is 2.43. The molecule has 2 atom stereocenters. The lowest BCUT2D eigenvalue weighted by Gasteiger charge is -2.42. The number of fused-ring (bicyclic) bond motifs is 1. The fourth-order valence-corrected chi connectivity index (χ4v) is 5.04. The minimum absolute atomic E-state index is 0.376. The average molecular weight is 517 g/mol. The van der Waals surface area contributed by atoms with Gasteiger partial charge in [0.2, 0.25) is 5.91 Å². The molecule has 1 heterocycles. The topological polar surface area (TPSA) is 50.8 Å². The fourth-order valence-electron chi connectivity index (χ4n) is 5.04. The Morgan fingerprint density at radius 3 is 2.38 bits per heavy atom. The maximum absolute atomic E-state index is 13.5. The third-order valence-electron chi connectivity index (χ3n) is 6.85. The molecule has 1 aliphatic heterocycles. The van der Waals surface area contributed by atoms with Crippen LogP contribution in [0, 0.1) is 0 Å². The van der Waals surface area contributed by atoms with Gasteiger partial charge >= 0.3 is 6.18 Å². The molecule has 3 aromatic carbocycles. The third kappa shape index (κ3) is 5.74. The highest BCUT2D eigenvalue weighted by Gasteiger charge is 2.37. The monoisotopic (exact) mass is 516 g/mol. The molecule has 1 amide bonds. The summed E-state index contributed by atoms with van der Waals surface area (Å²) in [5.74, 6) is 0.413. The number of likely N-dealkylation sites (N-methyl/N-ethyl adjacent to an activating group) is 1. The highest BCUT2D eigenvalue weighted by atomic mass is 19.4. The zero-order valence-electron chi connectivity index (χ0n) is 23.6. The van der Waals surface area contributed by atoms with Gasteiger partial charge in [-0.3, -0.25) is 9.69 Å². The smallest absolute Gasteiger partial charge is 0.416 e. The Morgan fingerprint density at radius 1 is 1.08 bits per heavy atom. The van der Waals surface area contributed by atoms with Crippen molar-refractivity contribution in [2.24, 2.45) is 0 Å². The molecule has 0 saturated carbocycles. The number of nitrogens with one attached hydrogen (secondary N) is 1. The molecule has 0 fully saturated rings. The van der Waals surface area contributed by atoms with Gasteiger partial charge in [0, 0.05) is 23.7 Å². The van der Waals surface area contributed by atoms with Gasteiger partial charge in [-0.15, -0.1) is 0 Å². The first-order chi connectivity index (χ1) is 18.9. The average Bonchev–Trinajstić information content (AvgIpc) is 2.91. The number of amides is 1. The van der Waals surface area contributed by atoms with E-state index < -0.39 is 30.7 Å². The van der Waals surface area contributed by atoms with Crippen molar-refractivity contribution < 1.29 is 31.6 Å². The SMILES string of the molecule is [2H][13C]([2H])([2H])NC(=O)[C@@H](c1ccccc1)N1CCc2cc(OC)c(OC)cc2[C@@H]1CCc1ccc(C(F)(F)F)cc1. The van der Waals surface area contributed by atoms with Gasteiger partial charge in [0.05, 0.1) is 19.8 Å². The van der Waals surface area contributed by atoms with Crippen LogP contribution in [-0.2, 0) is 23.8 Å². The van der Waals surface area contributed by atoms with Gasteiger partial charge in [-0.1, -0.05) is 42.5 Å². The second-order valence-corrected chi connectivity index (χ2v) is 8.95. The highest BCUT2D eigenvalue weighted by molar-refractivity contribution is 5.83. The maximum Gasteiger partial charge on any atom is 0.416 e. The number of benzene rings is 3. The minimum atomic E-state index is -4.42. The predicted octanol–water partition coefficient (Wildman–Crippen LogP) is 5.74. The molecule has 4 rings (SSSR count). The van der Waals surface area contributed by atoms with E-state index in [-0.39, 0.29) is 6.04 Å². The quantitative estimate of drug-likeness (QED) is 0.388. The number of aryl methyl sites for hydroxylation is 1. The first-order valence-electron chi connectivity index (χ1n) is 13.4. The summed E-state index contributed by atoms with van der Waals surface area (Å²) < 4.78 is 73.2. The van der Waals surface area contributed by atoms with Gasteiger partial charge in [-0.25, -0.2) is 0 Å².